The molecule has 0 spiro atoms. The summed E-state index contributed by atoms with van der Waals surface area (Å²) < 4.78 is 8.58. The maximum Gasteiger partial charge on any atom is 0.268 e. The Morgan fingerprint density at radius 2 is 2.12 bits per heavy atom. The Morgan fingerprint density at radius 1 is 1.38 bits per heavy atom. The minimum absolute atomic E-state index is 0.00874. The van der Waals surface area contributed by atoms with Crippen molar-refractivity contribution in [3.05, 3.63) is 34.9 Å². The number of nitrogens with zero attached hydrogens (tertiary/aromatic N) is 2. The van der Waals surface area contributed by atoms with Crippen LogP contribution >= 0.6 is 11.3 Å². The number of ether oxygens (including phenoxy) is 1. The molecule has 0 saturated carbocycles. The number of thiophene rings is 1. The summed E-state index contributed by atoms with van der Waals surface area (Å²) in [5.41, 5.74) is 2.89. The van der Waals surface area contributed by atoms with Gasteiger partial charge in [-0.3, -0.25) is 9.69 Å². The number of nitrogens with one attached hydrogen (secondary N) is 1. The molecule has 0 aromatic carbocycles. The molecule has 0 atom stereocenters. The van der Waals surface area contributed by atoms with Crippen LogP contribution in [0, 0.1) is 6.92 Å². The van der Waals surface area contributed by atoms with Crippen molar-refractivity contribution in [2.45, 2.75) is 20.4 Å². The molecular formula is C18H25N3O2S. The lowest BCUT2D eigenvalue weighted by Crippen LogP contribution is -2.41. The SMILES string of the molecule is C=C(C)Cn1c(C(=O)NCCN2CCOCC2)cc2sc(C)cc21. The molecule has 2 aromatic rings. The predicted octanol–water partition coefficient (Wildman–Crippen LogP) is 2.65. The van der Waals surface area contributed by atoms with E-state index in [0.717, 1.165) is 54.3 Å². The van der Waals surface area contributed by atoms with E-state index >= 15 is 0 Å². The molecular weight excluding hydrogens is 322 g/mol. The molecule has 0 aliphatic carbocycles. The maximum atomic E-state index is 12.6. The van der Waals surface area contributed by atoms with Crippen LogP contribution in [0.25, 0.3) is 10.2 Å². The average molecular weight is 347 g/mol. The number of amides is 1. The fourth-order valence-corrected chi connectivity index (χ4v) is 4.00. The molecule has 1 aliphatic heterocycles. The molecule has 1 N–H and O–H groups in total. The molecule has 0 unspecified atom stereocenters. The summed E-state index contributed by atoms with van der Waals surface area (Å²) in [6.45, 7) is 13.7. The normalized spacial score (nSPS) is 15.8. The minimum Gasteiger partial charge on any atom is -0.379 e. The van der Waals surface area contributed by atoms with Crippen LogP contribution in [0.15, 0.2) is 24.3 Å². The first kappa shape index (κ1) is 17.2. The third-order valence-corrected chi connectivity index (χ3v) is 5.18. The number of carbonyl (C=O) groups is 1. The van der Waals surface area contributed by atoms with Gasteiger partial charge in [0.25, 0.3) is 5.91 Å². The Labute approximate surface area is 146 Å². The van der Waals surface area contributed by atoms with E-state index in [9.17, 15) is 4.79 Å². The molecule has 1 fully saturated rings. The second kappa shape index (κ2) is 7.51. The van der Waals surface area contributed by atoms with E-state index in [0.29, 0.717) is 13.1 Å². The minimum atomic E-state index is -0.00874. The smallest absolute Gasteiger partial charge is 0.268 e. The molecule has 0 radical (unpaired) electrons. The van der Waals surface area contributed by atoms with E-state index in [4.69, 9.17) is 4.74 Å². The van der Waals surface area contributed by atoms with Crippen molar-refractivity contribution in [2.24, 2.45) is 0 Å². The Bertz CT molecular complexity index is 741. The highest BCUT2D eigenvalue weighted by atomic mass is 32.1. The largest absolute Gasteiger partial charge is 0.379 e. The van der Waals surface area contributed by atoms with Gasteiger partial charge in [0.1, 0.15) is 5.69 Å². The lowest BCUT2D eigenvalue weighted by molar-refractivity contribution is 0.0383. The van der Waals surface area contributed by atoms with Crippen LogP contribution < -0.4 is 5.32 Å². The molecule has 2 aromatic heterocycles. The molecule has 3 rings (SSSR count). The topological polar surface area (TPSA) is 46.5 Å². The first-order valence-electron chi connectivity index (χ1n) is 8.37. The molecule has 5 nitrogen and oxygen atoms in total. The van der Waals surface area contributed by atoms with Crippen LogP contribution in [-0.4, -0.2) is 54.8 Å². The number of aromatic nitrogens is 1. The monoisotopic (exact) mass is 347 g/mol. The van der Waals surface area contributed by atoms with Crippen molar-refractivity contribution in [1.29, 1.82) is 0 Å². The van der Waals surface area contributed by atoms with Gasteiger partial charge in [-0.15, -0.1) is 11.3 Å². The van der Waals surface area contributed by atoms with Gasteiger partial charge < -0.3 is 14.6 Å². The maximum absolute atomic E-state index is 12.6. The summed E-state index contributed by atoms with van der Waals surface area (Å²) in [4.78, 5) is 16.2. The highest BCUT2D eigenvalue weighted by Crippen LogP contribution is 2.29. The summed E-state index contributed by atoms with van der Waals surface area (Å²) in [7, 11) is 0. The zero-order valence-corrected chi connectivity index (χ0v) is 15.2. The van der Waals surface area contributed by atoms with Crippen molar-refractivity contribution in [1.82, 2.24) is 14.8 Å². The van der Waals surface area contributed by atoms with Crippen molar-refractivity contribution in [3.8, 4) is 0 Å². The van der Waals surface area contributed by atoms with E-state index in [1.165, 1.54) is 4.88 Å². The second-order valence-electron chi connectivity index (χ2n) is 6.39. The molecule has 6 heteroatoms. The Balaban J connectivity index is 1.69. The van der Waals surface area contributed by atoms with Crippen molar-refractivity contribution >= 4 is 27.5 Å². The number of fused-ring (bicyclic) bond motifs is 1. The molecule has 1 amide bonds. The highest BCUT2D eigenvalue weighted by Gasteiger charge is 2.17. The summed E-state index contributed by atoms with van der Waals surface area (Å²) in [6.07, 6.45) is 0. The van der Waals surface area contributed by atoms with E-state index < -0.39 is 0 Å². The second-order valence-corrected chi connectivity index (χ2v) is 7.68. The van der Waals surface area contributed by atoms with Gasteiger partial charge in [0.2, 0.25) is 0 Å². The first-order valence-corrected chi connectivity index (χ1v) is 9.18. The van der Waals surface area contributed by atoms with Crippen molar-refractivity contribution in [3.63, 3.8) is 0 Å². The zero-order chi connectivity index (χ0) is 17.1. The van der Waals surface area contributed by atoms with Crippen LogP contribution in [0.1, 0.15) is 22.3 Å². The van der Waals surface area contributed by atoms with Gasteiger partial charge in [-0.2, -0.15) is 0 Å². The van der Waals surface area contributed by atoms with Gasteiger partial charge >= 0.3 is 0 Å². The number of allylic oxidation sites excluding steroid dienone is 1. The summed E-state index contributed by atoms with van der Waals surface area (Å²) in [6, 6.07) is 4.15. The number of morpholine rings is 1. The number of hydrogen-bond acceptors (Lipinski definition) is 4. The van der Waals surface area contributed by atoms with E-state index in [2.05, 4.69) is 34.4 Å². The van der Waals surface area contributed by atoms with Gasteiger partial charge in [0.05, 0.1) is 23.4 Å². The Kier molecular flexibility index (Phi) is 5.38. The lowest BCUT2D eigenvalue weighted by atomic mass is 10.3. The fourth-order valence-electron chi connectivity index (χ4n) is 3.04. The van der Waals surface area contributed by atoms with Crippen molar-refractivity contribution in [2.75, 3.05) is 39.4 Å². The predicted molar refractivity (Wildman–Crippen MR) is 99.0 cm³/mol. The third kappa shape index (κ3) is 3.88. The average Bonchev–Trinajstić information content (AvgIpc) is 3.05. The number of aryl methyl sites for hydroxylation is 1. The van der Waals surface area contributed by atoms with Gasteiger partial charge in [-0.25, -0.2) is 0 Å². The molecule has 24 heavy (non-hydrogen) atoms. The van der Waals surface area contributed by atoms with Gasteiger partial charge in [-0.05, 0) is 26.0 Å². The molecule has 3 heterocycles. The van der Waals surface area contributed by atoms with E-state index in [1.807, 2.05) is 13.0 Å². The Morgan fingerprint density at radius 3 is 2.83 bits per heavy atom. The van der Waals surface area contributed by atoms with Crippen LogP contribution in [0.4, 0.5) is 0 Å². The van der Waals surface area contributed by atoms with Gasteiger partial charge in [0, 0.05) is 37.6 Å². The van der Waals surface area contributed by atoms with E-state index in [-0.39, 0.29) is 5.91 Å². The summed E-state index contributed by atoms with van der Waals surface area (Å²) in [5.74, 6) is -0.00874. The number of rotatable bonds is 6. The standard InChI is InChI=1S/C18H25N3O2S/c1-13(2)12-21-15-10-14(3)24-17(15)11-16(21)18(22)19-4-5-20-6-8-23-9-7-20/h10-11H,1,4-9,12H2,2-3H3,(H,19,22). The Hall–Kier alpha value is -1.63. The molecule has 130 valence electrons. The van der Waals surface area contributed by atoms with Crippen LogP contribution in [-0.2, 0) is 11.3 Å². The third-order valence-electron chi connectivity index (χ3n) is 4.19. The lowest BCUT2D eigenvalue weighted by Gasteiger charge is -2.26. The van der Waals surface area contributed by atoms with Crippen molar-refractivity contribution < 1.29 is 9.53 Å². The molecule has 0 bridgehead atoms. The quantitative estimate of drug-likeness (QED) is 0.817. The highest BCUT2D eigenvalue weighted by molar-refractivity contribution is 7.19. The van der Waals surface area contributed by atoms with Crippen LogP contribution in [0.2, 0.25) is 0 Å². The fraction of sp³-hybridized carbons (Fsp3) is 0.500. The van der Waals surface area contributed by atoms with Gasteiger partial charge in [0.15, 0.2) is 0 Å². The zero-order valence-electron chi connectivity index (χ0n) is 14.4. The van der Waals surface area contributed by atoms with Crippen LogP contribution in [0.3, 0.4) is 0 Å². The summed E-state index contributed by atoms with van der Waals surface area (Å²) >= 11 is 1.73. The number of carbonyl (C=O) groups excluding carboxylic acids is 1. The van der Waals surface area contributed by atoms with Gasteiger partial charge in [-0.1, -0.05) is 12.2 Å². The van der Waals surface area contributed by atoms with E-state index in [1.54, 1.807) is 11.3 Å². The molecule has 1 saturated heterocycles. The van der Waals surface area contributed by atoms with Crippen LogP contribution in [0.5, 0.6) is 0 Å². The number of hydrogen-bond donors (Lipinski definition) is 1. The molecule has 1 aliphatic rings. The summed E-state index contributed by atoms with van der Waals surface area (Å²) in [5, 5.41) is 3.06. The first-order chi connectivity index (χ1) is 11.5.